The molecule has 0 aliphatic heterocycles. The zero-order valence-electron chi connectivity index (χ0n) is 7.95. The summed E-state index contributed by atoms with van der Waals surface area (Å²) < 4.78 is 37.8. The molecule has 2 nitrogen and oxygen atoms in total. The Hall–Kier alpha value is -1.56. The van der Waals surface area contributed by atoms with E-state index in [9.17, 15) is 13.2 Å². The summed E-state index contributed by atoms with van der Waals surface area (Å²) in [4.78, 5) is 3.06. The zero-order chi connectivity index (χ0) is 11.8. The Kier molecular flexibility index (Phi) is 2.59. The van der Waals surface area contributed by atoms with Crippen molar-refractivity contribution in [3.8, 4) is 11.3 Å². The van der Waals surface area contributed by atoms with Crippen LogP contribution in [0.2, 0.25) is 0 Å². The number of anilines is 1. The number of benzene rings is 1. The molecule has 16 heavy (non-hydrogen) atoms. The van der Waals surface area contributed by atoms with Crippen LogP contribution in [0.3, 0.4) is 0 Å². The van der Waals surface area contributed by atoms with Crippen LogP contribution in [0.5, 0.6) is 0 Å². The maximum atomic E-state index is 12.6. The van der Waals surface area contributed by atoms with Crippen LogP contribution in [0.4, 0.5) is 18.9 Å². The Morgan fingerprint density at radius 2 is 1.75 bits per heavy atom. The predicted octanol–water partition coefficient (Wildman–Crippen LogP) is 3.41. The van der Waals surface area contributed by atoms with E-state index in [1.807, 2.05) is 0 Å². The van der Waals surface area contributed by atoms with Gasteiger partial charge in [-0.2, -0.15) is 13.2 Å². The number of nitrogen functional groups attached to an aromatic ring is 1. The molecule has 2 rings (SSSR count). The third-order valence-electron chi connectivity index (χ3n) is 2.01. The molecule has 6 heteroatoms. The third-order valence-corrected chi connectivity index (χ3v) is 2.88. The van der Waals surface area contributed by atoms with Crippen molar-refractivity contribution in [1.29, 1.82) is 0 Å². The Morgan fingerprint density at radius 3 is 2.31 bits per heavy atom. The number of hydrogen-bond acceptors (Lipinski definition) is 3. The molecule has 1 heterocycles. The van der Waals surface area contributed by atoms with E-state index >= 15 is 0 Å². The van der Waals surface area contributed by atoms with Crippen LogP contribution in [-0.2, 0) is 6.18 Å². The minimum absolute atomic E-state index is 0.0440. The van der Waals surface area contributed by atoms with Crippen LogP contribution < -0.4 is 5.73 Å². The van der Waals surface area contributed by atoms with E-state index in [4.69, 9.17) is 5.73 Å². The number of rotatable bonds is 1. The zero-order valence-corrected chi connectivity index (χ0v) is 8.77. The molecule has 0 saturated carbocycles. The maximum Gasteiger partial charge on any atom is 0.427 e. The molecule has 0 atom stereocenters. The third kappa shape index (κ3) is 2.01. The number of alkyl halides is 3. The number of halogens is 3. The molecule has 0 radical (unpaired) electrons. The van der Waals surface area contributed by atoms with Crippen molar-refractivity contribution in [2.45, 2.75) is 6.18 Å². The Balaban J connectivity index is 2.49. The molecule has 0 aliphatic carbocycles. The van der Waals surface area contributed by atoms with Crippen molar-refractivity contribution in [1.82, 2.24) is 4.98 Å². The Bertz CT molecular complexity index is 488. The molecule has 2 aromatic rings. The molecule has 2 N–H and O–H groups in total. The van der Waals surface area contributed by atoms with E-state index in [-0.39, 0.29) is 5.69 Å². The van der Waals surface area contributed by atoms with Crippen LogP contribution >= 0.6 is 11.3 Å². The highest BCUT2D eigenvalue weighted by Crippen LogP contribution is 2.39. The van der Waals surface area contributed by atoms with E-state index in [2.05, 4.69) is 4.98 Å². The molecule has 0 amide bonds. The van der Waals surface area contributed by atoms with Crippen molar-refractivity contribution < 1.29 is 13.2 Å². The van der Waals surface area contributed by atoms with Crippen molar-refractivity contribution in [3.05, 3.63) is 34.7 Å². The summed E-state index contributed by atoms with van der Waals surface area (Å²) in [6.07, 6.45) is -4.36. The van der Waals surface area contributed by atoms with Gasteiger partial charge in [-0.3, -0.25) is 0 Å². The van der Waals surface area contributed by atoms with Gasteiger partial charge in [-0.25, -0.2) is 4.98 Å². The Labute approximate surface area is 93.5 Å². The van der Waals surface area contributed by atoms with Gasteiger partial charge in [0.15, 0.2) is 0 Å². The highest BCUT2D eigenvalue weighted by molar-refractivity contribution is 7.10. The summed E-state index contributed by atoms with van der Waals surface area (Å²) in [6, 6.07) is 6.16. The van der Waals surface area contributed by atoms with Gasteiger partial charge >= 0.3 is 6.18 Å². The second kappa shape index (κ2) is 3.79. The lowest BCUT2D eigenvalue weighted by atomic mass is 10.1. The van der Waals surface area contributed by atoms with Gasteiger partial charge in [0.05, 0.1) is 11.2 Å². The molecule has 1 aromatic carbocycles. The molecule has 84 valence electrons. The lowest BCUT2D eigenvalue weighted by molar-refractivity contribution is -0.134. The van der Waals surface area contributed by atoms with Gasteiger partial charge in [0.1, 0.15) is 4.88 Å². The van der Waals surface area contributed by atoms with Gasteiger partial charge in [-0.1, -0.05) is 12.1 Å². The van der Waals surface area contributed by atoms with Crippen LogP contribution in [0.25, 0.3) is 11.3 Å². The fourth-order valence-electron chi connectivity index (χ4n) is 1.29. The number of hydrogen-bond donors (Lipinski definition) is 1. The monoisotopic (exact) mass is 244 g/mol. The van der Waals surface area contributed by atoms with E-state index in [1.165, 1.54) is 17.6 Å². The minimum Gasteiger partial charge on any atom is -0.399 e. The molecule has 0 fully saturated rings. The highest BCUT2D eigenvalue weighted by atomic mass is 32.1. The van der Waals surface area contributed by atoms with Crippen LogP contribution in [0.1, 0.15) is 4.88 Å². The van der Waals surface area contributed by atoms with Gasteiger partial charge in [0, 0.05) is 11.3 Å². The molecule has 0 saturated heterocycles. The molecule has 0 unspecified atom stereocenters. The molecule has 0 spiro atoms. The predicted molar refractivity (Wildman–Crippen MR) is 57.0 cm³/mol. The number of aromatic nitrogens is 1. The summed E-state index contributed by atoms with van der Waals surface area (Å²) in [7, 11) is 0. The lowest BCUT2D eigenvalue weighted by Crippen LogP contribution is -2.03. The summed E-state index contributed by atoms with van der Waals surface area (Å²) in [5.74, 6) is 0. The van der Waals surface area contributed by atoms with Crippen LogP contribution in [0, 0.1) is 0 Å². The largest absolute Gasteiger partial charge is 0.427 e. The van der Waals surface area contributed by atoms with Crippen molar-refractivity contribution in [2.24, 2.45) is 0 Å². The average molecular weight is 244 g/mol. The minimum atomic E-state index is -4.36. The van der Waals surface area contributed by atoms with Crippen LogP contribution in [-0.4, -0.2) is 4.98 Å². The highest BCUT2D eigenvalue weighted by Gasteiger charge is 2.36. The summed E-state index contributed by atoms with van der Waals surface area (Å²) in [5.41, 5.74) is 7.54. The van der Waals surface area contributed by atoms with Gasteiger partial charge < -0.3 is 5.73 Å². The topological polar surface area (TPSA) is 38.9 Å². The summed E-state index contributed by atoms with van der Waals surface area (Å²) in [5, 5.41) is 0. The number of nitrogens with two attached hydrogens (primary N) is 1. The molecular weight excluding hydrogens is 237 g/mol. The molecular formula is C10H7F3N2S. The van der Waals surface area contributed by atoms with E-state index in [0.29, 0.717) is 22.6 Å². The van der Waals surface area contributed by atoms with Crippen LogP contribution in [0.15, 0.2) is 29.8 Å². The second-order valence-corrected chi connectivity index (χ2v) is 4.00. The van der Waals surface area contributed by atoms with Gasteiger partial charge in [0.25, 0.3) is 0 Å². The first-order valence-electron chi connectivity index (χ1n) is 4.35. The Morgan fingerprint density at radius 1 is 1.12 bits per heavy atom. The standard InChI is InChI=1S/C10H7F3N2S/c11-10(12,13)9-8(15-5-16-9)6-1-3-7(14)4-2-6/h1-5H,14H2. The van der Waals surface area contributed by atoms with Crippen molar-refractivity contribution in [3.63, 3.8) is 0 Å². The number of nitrogens with zero attached hydrogens (tertiary/aromatic N) is 1. The summed E-state index contributed by atoms with van der Waals surface area (Å²) >= 11 is 0.588. The SMILES string of the molecule is Nc1ccc(-c2ncsc2C(F)(F)F)cc1. The van der Waals surface area contributed by atoms with Gasteiger partial charge in [0.2, 0.25) is 0 Å². The quantitative estimate of drug-likeness (QED) is 0.781. The fourth-order valence-corrected chi connectivity index (χ4v) is 1.97. The molecule has 0 aliphatic rings. The maximum absolute atomic E-state index is 12.6. The fraction of sp³-hybridized carbons (Fsp3) is 0.100. The summed E-state index contributed by atoms with van der Waals surface area (Å²) in [6.45, 7) is 0. The van der Waals surface area contributed by atoms with Gasteiger partial charge in [-0.15, -0.1) is 11.3 Å². The normalized spacial score (nSPS) is 11.7. The average Bonchev–Trinajstić information content (AvgIpc) is 2.66. The van der Waals surface area contributed by atoms with E-state index in [0.717, 1.165) is 0 Å². The van der Waals surface area contributed by atoms with E-state index in [1.54, 1.807) is 12.1 Å². The first-order chi connectivity index (χ1) is 7.48. The van der Waals surface area contributed by atoms with Crippen molar-refractivity contribution in [2.75, 3.05) is 5.73 Å². The molecule has 1 aromatic heterocycles. The van der Waals surface area contributed by atoms with Gasteiger partial charge in [-0.05, 0) is 12.1 Å². The number of thiazole rings is 1. The lowest BCUT2D eigenvalue weighted by Gasteiger charge is -2.06. The second-order valence-electron chi connectivity index (χ2n) is 3.15. The first kappa shape index (κ1) is 10.9. The molecule has 0 bridgehead atoms. The van der Waals surface area contributed by atoms with E-state index < -0.39 is 11.1 Å². The smallest absolute Gasteiger partial charge is 0.399 e. The van der Waals surface area contributed by atoms with Crippen molar-refractivity contribution >= 4 is 17.0 Å². The first-order valence-corrected chi connectivity index (χ1v) is 5.23.